The molecule has 6 nitrogen and oxygen atoms in total. The van der Waals surface area contributed by atoms with Gasteiger partial charge in [-0.25, -0.2) is 5.06 Å². The monoisotopic (exact) mass is 267 g/mol. The molecule has 1 heterocycles. The number of ether oxygens (including phenoxy) is 3. The average molecular weight is 267 g/mol. The van der Waals surface area contributed by atoms with E-state index in [1.165, 1.54) is 26.4 Å². The summed E-state index contributed by atoms with van der Waals surface area (Å²) in [4.78, 5) is 17.5. The van der Waals surface area contributed by atoms with E-state index in [0.29, 0.717) is 36.0 Å². The molecule has 1 aliphatic heterocycles. The van der Waals surface area contributed by atoms with Crippen LogP contribution in [0.2, 0.25) is 0 Å². The number of hydrogen-bond acceptors (Lipinski definition) is 5. The van der Waals surface area contributed by atoms with Crippen molar-refractivity contribution in [2.75, 3.05) is 34.5 Å². The molecular weight excluding hydrogens is 250 g/mol. The van der Waals surface area contributed by atoms with Crippen LogP contribution >= 0.6 is 0 Å². The Bertz CT molecular complexity index is 443. The molecule has 19 heavy (non-hydrogen) atoms. The van der Waals surface area contributed by atoms with Gasteiger partial charge in [0.2, 0.25) is 5.75 Å². The summed E-state index contributed by atoms with van der Waals surface area (Å²) in [6.07, 6.45) is 0.843. The van der Waals surface area contributed by atoms with E-state index in [1.807, 2.05) is 0 Å². The zero-order chi connectivity index (χ0) is 13.8. The Kier molecular flexibility index (Phi) is 4.11. The number of carbonyl (C=O) groups is 1. The summed E-state index contributed by atoms with van der Waals surface area (Å²) in [6, 6.07) is 3.23. The lowest BCUT2D eigenvalue weighted by molar-refractivity contribution is -0.0768. The van der Waals surface area contributed by atoms with Gasteiger partial charge in [-0.3, -0.25) is 9.63 Å². The van der Waals surface area contributed by atoms with Crippen LogP contribution in [0.15, 0.2) is 12.1 Å². The van der Waals surface area contributed by atoms with Crippen molar-refractivity contribution < 1.29 is 23.8 Å². The average Bonchev–Trinajstić information content (AvgIpc) is 2.98. The summed E-state index contributed by atoms with van der Waals surface area (Å²) in [5.74, 6) is 1.15. The number of hydrogen-bond donors (Lipinski definition) is 0. The number of amides is 1. The highest BCUT2D eigenvalue weighted by atomic mass is 16.7. The van der Waals surface area contributed by atoms with E-state index >= 15 is 0 Å². The third-order valence-electron chi connectivity index (χ3n) is 2.89. The topological polar surface area (TPSA) is 57.2 Å². The van der Waals surface area contributed by atoms with Gasteiger partial charge in [-0.05, 0) is 18.6 Å². The normalized spacial score (nSPS) is 14.4. The lowest BCUT2D eigenvalue weighted by Gasteiger charge is -2.17. The van der Waals surface area contributed by atoms with Crippen molar-refractivity contribution in [1.29, 1.82) is 0 Å². The van der Waals surface area contributed by atoms with Gasteiger partial charge >= 0.3 is 0 Å². The Morgan fingerprint density at radius 3 is 2.21 bits per heavy atom. The Morgan fingerprint density at radius 1 is 1.16 bits per heavy atom. The third-order valence-corrected chi connectivity index (χ3v) is 2.89. The highest BCUT2D eigenvalue weighted by Gasteiger charge is 2.24. The molecule has 0 unspecified atom stereocenters. The lowest BCUT2D eigenvalue weighted by atomic mass is 10.1. The van der Waals surface area contributed by atoms with Crippen molar-refractivity contribution in [1.82, 2.24) is 5.06 Å². The van der Waals surface area contributed by atoms with Gasteiger partial charge < -0.3 is 14.2 Å². The fourth-order valence-electron chi connectivity index (χ4n) is 1.96. The maximum atomic E-state index is 12.2. The van der Waals surface area contributed by atoms with Gasteiger partial charge in [0.05, 0.1) is 34.5 Å². The number of benzene rings is 1. The van der Waals surface area contributed by atoms with E-state index in [1.54, 1.807) is 12.1 Å². The largest absolute Gasteiger partial charge is 0.493 e. The summed E-state index contributed by atoms with van der Waals surface area (Å²) in [5, 5.41) is 1.35. The minimum absolute atomic E-state index is 0.211. The van der Waals surface area contributed by atoms with E-state index in [2.05, 4.69) is 0 Å². The summed E-state index contributed by atoms with van der Waals surface area (Å²) in [7, 11) is 4.54. The molecule has 0 radical (unpaired) electrons. The molecular formula is C13H17NO5. The number of nitrogens with zero attached hydrogens (tertiary/aromatic N) is 1. The van der Waals surface area contributed by atoms with Gasteiger partial charge in [0.15, 0.2) is 11.5 Å². The second-order valence-corrected chi connectivity index (χ2v) is 4.01. The van der Waals surface area contributed by atoms with E-state index < -0.39 is 0 Å². The first-order valence-corrected chi connectivity index (χ1v) is 5.96. The predicted molar refractivity (Wildman–Crippen MR) is 67.7 cm³/mol. The maximum Gasteiger partial charge on any atom is 0.277 e. The van der Waals surface area contributed by atoms with Gasteiger partial charge in [-0.2, -0.15) is 0 Å². The minimum Gasteiger partial charge on any atom is -0.493 e. The Morgan fingerprint density at radius 2 is 1.79 bits per heavy atom. The SMILES string of the molecule is COc1cc(C(=O)N2CCCO2)cc(OC)c1OC. The van der Waals surface area contributed by atoms with Crippen molar-refractivity contribution in [3.63, 3.8) is 0 Å². The van der Waals surface area contributed by atoms with Crippen LogP contribution in [0.4, 0.5) is 0 Å². The number of hydroxylamine groups is 2. The molecule has 0 atom stereocenters. The maximum absolute atomic E-state index is 12.2. The zero-order valence-corrected chi connectivity index (χ0v) is 11.3. The second kappa shape index (κ2) is 5.79. The molecule has 0 saturated carbocycles. The zero-order valence-electron chi connectivity index (χ0n) is 11.3. The van der Waals surface area contributed by atoms with Crippen molar-refractivity contribution in [2.24, 2.45) is 0 Å². The molecule has 1 aromatic rings. The van der Waals surface area contributed by atoms with E-state index in [-0.39, 0.29) is 5.91 Å². The quantitative estimate of drug-likeness (QED) is 0.827. The van der Waals surface area contributed by atoms with Crippen molar-refractivity contribution >= 4 is 5.91 Å². The number of rotatable bonds is 4. The standard InChI is InChI=1S/C13H17NO5/c1-16-10-7-9(8-11(17-2)12(10)18-3)13(15)14-5-4-6-19-14/h7-8H,4-6H2,1-3H3. The number of methoxy groups -OCH3 is 3. The van der Waals surface area contributed by atoms with Crippen molar-refractivity contribution in [3.05, 3.63) is 17.7 Å². The molecule has 104 valence electrons. The fraction of sp³-hybridized carbons (Fsp3) is 0.462. The van der Waals surface area contributed by atoms with Gasteiger partial charge in [0.25, 0.3) is 5.91 Å². The first-order chi connectivity index (χ1) is 9.21. The van der Waals surface area contributed by atoms with Crippen LogP contribution < -0.4 is 14.2 Å². The molecule has 0 aromatic heterocycles. The molecule has 1 aromatic carbocycles. The van der Waals surface area contributed by atoms with Crippen LogP contribution in [-0.2, 0) is 4.84 Å². The van der Waals surface area contributed by atoms with Crippen LogP contribution in [0.1, 0.15) is 16.8 Å². The number of carbonyl (C=O) groups excluding carboxylic acids is 1. The van der Waals surface area contributed by atoms with E-state index in [0.717, 1.165) is 6.42 Å². The Balaban J connectivity index is 2.37. The highest BCUT2D eigenvalue weighted by Crippen LogP contribution is 2.38. The molecule has 0 bridgehead atoms. The molecule has 0 spiro atoms. The third kappa shape index (κ3) is 2.58. The Hall–Kier alpha value is -1.95. The molecule has 2 rings (SSSR count). The smallest absolute Gasteiger partial charge is 0.277 e. The summed E-state index contributed by atoms with van der Waals surface area (Å²) >= 11 is 0. The van der Waals surface area contributed by atoms with Gasteiger partial charge in [0, 0.05) is 5.56 Å². The molecule has 1 fully saturated rings. The van der Waals surface area contributed by atoms with Crippen LogP contribution in [0.3, 0.4) is 0 Å². The van der Waals surface area contributed by atoms with Crippen LogP contribution in [0, 0.1) is 0 Å². The summed E-state index contributed by atoms with van der Waals surface area (Å²) in [5.41, 5.74) is 0.441. The second-order valence-electron chi connectivity index (χ2n) is 4.01. The van der Waals surface area contributed by atoms with Crippen LogP contribution in [0.25, 0.3) is 0 Å². The summed E-state index contributed by atoms with van der Waals surface area (Å²) < 4.78 is 15.6. The van der Waals surface area contributed by atoms with Gasteiger partial charge in [0.1, 0.15) is 0 Å². The van der Waals surface area contributed by atoms with Crippen molar-refractivity contribution in [2.45, 2.75) is 6.42 Å². The van der Waals surface area contributed by atoms with E-state index in [4.69, 9.17) is 19.0 Å². The first-order valence-electron chi connectivity index (χ1n) is 5.96. The van der Waals surface area contributed by atoms with Crippen LogP contribution in [0.5, 0.6) is 17.2 Å². The molecule has 0 N–H and O–H groups in total. The highest BCUT2D eigenvalue weighted by molar-refractivity contribution is 5.95. The molecule has 6 heteroatoms. The Labute approximate surface area is 111 Å². The van der Waals surface area contributed by atoms with E-state index in [9.17, 15) is 4.79 Å². The van der Waals surface area contributed by atoms with Crippen molar-refractivity contribution in [3.8, 4) is 17.2 Å². The van der Waals surface area contributed by atoms with Gasteiger partial charge in [-0.15, -0.1) is 0 Å². The lowest BCUT2D eigenvalue weighted by Crippen LogP contribution is -2.26. The molecule has 0 aliphatic carbocycles. The molecule has 1 amide bonds. The summed E-state index contributed by atoms with van der Waals surface area (Å²) in [6.45, 7) is 1.16. The molecule has 1 aliphatic rings. The minimum atomic E-state index is -0.211. The first kappa shape index (κ1) is 13.5. The predicted octanol–water partition coefficient (Wildman–Crippen LogP) is 1.49. The fourth-order valence-corrected chi connectivity index (χ4v) is 1.96. The van der Waals surface area contributed by atoms with Gasteiger partial charge in [-0.1, -0.05) is 0 Å². The molecule has 1 saturated heterocycles. The van der Waals surface area contributed by atoms with Crippen LogP contribution in [-0.4, -0.2) is 45.5 Å².